The predicted octanol–water partition coefficient (Wildman–Crippen LogP) is 5.50. The van der Waals surface area contributed by atoms with E-state index in [1.54, 1.807) is 27.0 Å². The second-order valence-electron chi connectivity index (χ2n) is 10.2. The van der Waals surface area contributed by atoms with Crippen LogP contribution in [0.3, 0.4) is 0 Å². The highest BCUT2D eigenvalue weighted by molar-refractivity contribution is 5.79. The topological polar surface area (TPSA) is 104 Å². The fraction of sp³-hybridized carbons (Fsp3) is 0.400. The highest BCUT2D eigenvalue weighted by Gasteiger charge is 2.32. The molecule has 0 unspecified atom stereocenters. The van der Waals surface area contributed by atoms with Gasteiger partial charge in [0.05, 0.1) is 25.9 Å². The molecule has 0 radical (unpaired) electrons. The summed E-state index contributed by atoms with van der Waals surface area (Å²) in [7, 11) is 0. The Bertz CT molecular complexity index is 1370. The molecular formula is C30H36N4O5. The lowest BCUT2D eigenvalue weighted by atomic mass is 10.0. The first-order valence-electron chi connectivity index (χ1n) is 13.1. The van der Waals surface area contributed by atoms with E-state index in [2.05, 4.69) is 32.2 Å². The molecule has 9 heteroatoms. The van der Waals surface area contributed by atoms with E-state index >= 15 is 0 Å². The van der Waals surface area contributed by atoms with Crippen molar-refractivity contribution >= 4 is 5.97 Å². The van der Waals surface area contributed by atoms with Crippen LogP contribution in [0.25, 0.3) is 0 Å². The minimum Gasteiger partial charge on any atom is -0.476 e. The Labute approximate surface area is 229 Å². The second-order valence-corrected chi connectivity index (χ2v) is 10.2. The van der Waals surface area contributed by atoms with Gasteiger partial charge in [0.25, 0.3) is 0 Å². The molecule has 2 heterocycles. The number of oxazole rings is 1. The Kier molecular flexibility index (Phi) is 8.81. The summed E-state index contributed by atoms with van der Waals surface area (Å²) in [4.78, 5) is 23.5. The molecule has 2 aromatic carbocycles. The number of nitrogens with zero attached hydrogens (tertiary/aromatic N) is 4. The van der Waals surface area contributed by atoms with Crippen LogP contribution in [0, 0.1) is 20.8 Å². The molecule has 0 amide bonds. The quantitative estimate of drug-likeness (QED) is 0.219. The molecular weight excluding hydrogens is 496 g/mol. The molecule has 0 aliphatic rings. The highest BCUT2D eigenvalue weighted by Crippen LogP contribution is 2.30. The Morgan fingerprint density at radius 2 is 1.67 bits per heavy atom. The highest BCUT2D eigenvalue weighted by atomic mass is 16.6. The molecule has 0 atom stereocenters. The van der Waals surface area contributed by atoms with Crippen LogP contribution in [0.2, 0.25) is 0 Å². The Balaban J connectivity index is 1.52. The number of hydrogen-bond donors (Lipinski definition) is 0. The van der Waals surface area contributed by atoms with E-state index in [9.17, 15) is 4.79 Å². The van der Waals surface area contributed by atoms with Gasteiger partial charge in [-0.2, -0.15) is 4.98 Å². The van der Waals surface area contributed by atoms with E-state index in [-0.39, 0.29) is 0 Å². The molecule has 4 rings (SSSR count). The minimum atomic E-state index is -1.10. The van der Waals surface area contributed by atoms with E-state index in [0.717, 1.165) is 28.0 Å². The van der Waals surface area contributed by atoms with Gasteiger partial charge in [0.15, 0.2) is 11.4 Å². The normalized spacial score (nSPS) is 11.7. The van der Waals surface area contributed by atoms with Gasteiger partial charge in [-0.15, -0.1) is 0 Å². The van der Waals surface area contributed by atoms with Gasteiger partial charge in [-0.05, 0) is 63.8 Å². The average Bonchev–Trinajstić information content (AvgIpc) is 3.50. The molecule has 2 aromatic heterocycles. The molecule has 39 heavy (non-hydrogen) atoms. The number of aryl methyl sites for hydroxylation is 3. The van der Waals surface area contributed by atoms with Crippen molar-refractivity contribution in [2.45, 2.75) is 73.2 Å². The number of benzene rings is 2. The minimum absolute atomic E-state index is 0.302. The van der Waals surface area contributed by atoms with E-state index in [1.165, 1.54) is 0 Å². The molecule has 0 bridgehead atoms. The van der Waals surface area contributed by atoms with Crippen molar-refractivity contribution in [3.05, 3.63) is 94.3 Å². The van der Waals surface area contributed by atoms with Crippen LogP contribution in [0.5, 0.6) is 5.75 Å². The zero-order valence-corrected chi connectivity index (χ0v) is 23.5. The van der Waals surface area contributed by atoms with Crippen molar-refractivity contribution in [2.75, 3.05) is 6.61 Å². The first-order valence-corrected chi connectivity index (χ1v) is 13.1. The third kappa shape index (κ3) is 7.54. The monoisotopic (exact) mass is 532 g/mol. The Morgan fingerprint density at radius 3 is 2.31 bits per heavy atom. The van der Waals surface area contributed by atoms with Crippen LogP contribution in [-0.4, -0.2) is 38.2 Å². The molecule has 0 aliphatic heterocycles. The summed E-state index contributed by atoms with van der Waals surface area (Å²) >= 11 is 0. The predicted molar refractivity (Wildman–Crippen MR) is 145 cm³/mol. The van der Waals surface area contributed by atoms with Gasteiger partial charge in [-0.25, -0.2) is 9.78 Å². The first kappa shape index (κ1) is 28.0. The summed E-state index contributed by atoms with van der Waals surface area (Å²) in [6, 6.07) is 14.2. The van der Waals surface area contributed by atoms with Crippen LogP contribution in [0.4, 0.5) is 0 Å². The van der Waals surface area contributed by atoms with Gasteiger partial charge >= 0.3 is 5.97 Å². The van der Waals surface area contributed by atoms with Gasteiger partial charge in [0.1, 0.15) is 11.5 Å². The zero-order valence-electron chi connectivity index (χ0n) is 23.5. The third-order valence-corrected chi connectivity index (χ3v) is 6.15. The Hall–Kier alpha value is -3.98. The zero-order chi connectivity index (χ0) is 28.0. The summed E-state index contributed by atoms with van der Waals surface area (Å²) in [6.07, 6.45) is 2.31. The summed E-state index contributed by atoms with van der Waals surface area (Å²) in [5, 5.41) is 4.18. The number of carbonyl (C=O) groups excluding carboxylic acids is 1. The molecule has 0 aliphatic carbocycles. The molecule has 0 N–H and O–H groups in total. The summed E-state index contributed by atoms with van der Waals surface area (Å²) in [5.74, 6) is 2.81. The fourth-order valence-electron chi connectivity index (χ4n) is 4.38. The molecule has 0 saturated heterocycles. The number of ether oxygens (including phenoxy) is 2. The van der Waals surface area contributed by atoms with E-state index in [0.29, 0.717) is 56.0 Å². The van der Waals surface area contributed by atoms with Crippen molar-refractivity contribution < 1.29 is 23.2 Å². The van der Waals surface area contributed by atoms with Gasteiger partial charge in [-0.1, -0.05) is 47.6 Å². The smallest absolute Gasteiger partial charge is 0.349 e. The molecule has 0 spiro atoms. The SMILES string of the molecule is CCOC(=O)C(C)(C)Oc1c(C)cc(CN(Cc2nc(Cc3ccccc3)no2)Cc2ncc(C)o2)cc1C. The maximum absolute atomic E-state index is 12.4. The molecule has 206 valence electrons. The van der Waals surface area contributed by atoms with Gasteiger partial charge in [0.2, 0.25) is 11.8 Å². The lowest BCUT2D eigenvalue weighted by molar-refractivity contribution is -0.158. The molecule has 0 saturated carbocycles. The standard InChI is InChI=1S/C30H36N4O5/c1-7-36-29(35)30(5,6)38-28-20(2)13-24(14-21(28)3)17-34(18-26-31-16-22(4)37-26)19-27-32-25(33-39-27)15-23-11-9-8-10-12-23/h8-14,16H,7,15,17-19H2,1-6H3. The van der Waals surface area contributed by atoms with Crippen LogP contribution < -0.4 is 4.74 Å². The summed E-state index contributed by atoms with van der Waals surface area (Å²) in [5.41, 5.74) is 2.95. The van der Waals surface area contributed by atoms with Gasteiger partial charge in [0, 0.05) is 13.0 Å². The average molecular weight is 533 g/mol. The largest absolute Gasteiger partial charge is 0.476 e. The van der Waals surface area contributed by atoms with Crippen molar-refractivity contribution in [3.63, 3.8) is 0 Å². The van der Waals surface area contributed by atoms with E-state index in [1.807, 2.05) is 51.1 Å². The number of carbonyl (C=O) groups is 1. The maximum Gasteiger partial charge on any atom is 0.349 e. The first-order chi connectivity index (χ1) is 18.6. The van der Waals surface area contributed by atoms with Crippen molar-refractivity contribution in [2.24, 2.45) is 0 Å². The van der Waals surface area contributed by atoms with Crippen molar-refractivity contribution in [1.29, 1.82) is 0 Å². The van der Waals surface area contributed by atoms with Crippen LogP contribution in [-0.2, 0) is 35.6 Å². The summed E-state index contributed by atoms with van der Waals surface area (Å²) < 4.78 is 22.7. The molecule has 9 nitrogen and oxygen atoms in total. The Morgan fingerprint density at radius 1 is 0.974 bits per heavy atom. The molecule has 4 aromatic rings. The maximum atomic E-state index is 12.4. The lowest BCUT2D eigenvalue weighted by Crippen LogP contribution is -2.40. The number of esters is 1. The second kappa shape index (κ2) is 12.3. The number of hydrogen-bond acceptors (Lipinski definition) is 9. The van der Waals surface area contributed by atoms with Gasteiger partial charge < -0.3 is 18.4 Å². The van der Waals surface area contributed by atoms with Crippen molar-refractivity contribution in [1.82, 2.24) is 20.0 Å². The molecule has 0 fully saturated rings. The van der Waals surface area contributed by atoms with E-state index in [4.69, 9.17) is 18.4 Å². The van der Waals surface area contributed by atoms with E-state index < -0.39 is 11.6 Å². The lowest BCUT2D eigenvalue weighted by Gasteiger charge is -2.27. The van der Waals surface area contributed by atoms with Crippen LogP contribution >= 0.6 is 0 Å². The van der Waals surface area contributed by atoms with Crippen molar-refractivity contribution in [3.8, 4) is 5.75 Å². The van der Waals surface area contributed by atoms with Gasteiger partial charge in [-0.3, -0.25) is 4.90 Å². The van der Waals surface area contributed by atoms with Crippen LogP contribution in [0.15, 0.2) is 57.6 Å². The van der Waals surface area contributed by atoms with Crippen LogP contribution in [0.1, 0.15) is 66.4 Å². The fourth-order valence-corrected chi connectivity index (χ4v) is 4.38. The summed E-state index contributed by atoms with van der Waals surface area (Å²) in [6.45, 7) is 12.8. The number of rotatable bonds is 12. The number of aromatic nitrogens is 3. The third-order valence-electron chi connectivity index (χ3n) is 6.15.